The van der Waals surface area contributed by atoms with Crippen LogP contribution < -0.4 is 0 Å². The molecular formula is C16H13F3N2O. The van der Waals surface area contributed by atoms with Crippen molar-refractivity contribution >= 4 is 11.0 Å². The van der Waals surface area contributed by atoms with Gasteiger partial charge in [0.15, 0.2) is 0 Å². The van der Waals surface area contributed by atoms with Crippen molar-refractivity contribution in [1.82, 2.24) is 9.55 Å². The Kier molecular flexibility index (Phi) is 3.12. The van der Waals surface area contributed by atoms with E-state index >= 15 is 0 Å². The van der Waals surface area contributed by atoms with E-state index in [1.807, 2.05) is 0 Å². The Balaban J connectivity index is 2.34. The SMILES string of the molecule is Cc1cc(O)ccc1-n1c(C)nc2c(C(F)(F)F)cccc21. The maximum absolute atomic E-state index is 13.1. The number of phenols is 1. The molecule has 3 rings (SSSR count). The number of hydrogen-bond donors (Lipinski definition) is 1. The molecule has 0 atom stereocenters. The summed E-state index contributed by atoms with van der Waals surface area (Å²) in [5.41, 5.74) is 1.02. The first kappa shape index (κ1) is 14.4. The van der Waals surface area contributed by atoms with E-state index in [9.17, 15) is 18.3 Å². The molecule has 0 amide bonds. The number of rotatable bonds is 1. The van der Waals surface area contributed by atoms with Gasteiger partial charge in [-0.2, -0.15) is 13.2 Å². The minimum Gasteiger partial charge on any atom is -0.508 e. The number of fused-ring (bicyclic) bond motifs is 1. The number of nitrogens with zero attached hydrogens (tertiary/aromatic N) is 2. The first-order chi connectivity index (χ1) is 10.3. The fourth-order valence-corrected chi connectivity index (χ4v) is 2.64. The molecule has 0 fully saturated rings. The highest BCUT2D eigenvalue weighted by Crippen LogP contribution is 2.35. The lowest BCUT2D eigenvalue weighted by atomic mass is 10.1. The number of alkyl halides is 3. The highest BCUT2D eigenvalue weighted by atomic mass is 19.4. The summed E-state index contributed by atoms with van der Waals surface area (Å²) < 4.78 is 41.0. The third-order valence-electron chi connectivity index (χ3n) is 3.58. The number of aromatic hydroxyl groups is 1. The van der Waals surface area contributed by atoms with Crippen molar-refractivity contribution in [3.8, 4) is 11.4 Å². The van der Waals surface area contributed by atoms with Crippen LogP contribution in [0.4, 0.5) is 13.2 Å². The molecule has 114 valence electrons. The molecule has 0 spiro atoms. The smallest absolute Gasteiger partial charge is 0.418 e. The summed E-state index contributed by atoms with van der Waals surface area (Å²) in [6.45, 7) is 3.44. The number of para-hydroxylation sites is 1. The van der Waals surface area contributed by atoms with Gasteiger partial charge in [-0.1, -0.05) is 6.07 Å². The van der Waals surface area contributed by atoms with Gasteiger partial charge < -0.3 is 5.11 Å². The molecule has 0 radical (unpaired) electrons. The van der Waals surface area contributed by atoms with E-state index in [0.717, 1.165) is 11.6 Å². The summed E-state index contributed by atoms with van der Waals surface area (Å²) in [4.78, 5) is 4.10. The average Bonchev–Trinajstić information content (AvgIpc) is 2.74. The monoisotopic (exact) mass is 306 g/mol. The van der Waals surface area contributed by atoms with Crippen LogP contribution in [0.25, 0.3) is 16.7 Å². The van der Waals surface area contributed by atoms with Crippen molar-refractivity contribution in [3.05, 3.63) is 53.3 Å². The summed E-state index contributed by atoms with van der Waals surface area (Å²) in [7, 11) is 0. The van der Waals surface area contributed by atoms with Gasteiger partial charge in [-0.3, -0.25) is 4.57 Å². The minimum absolute atomic E-state index is 0.0695. The zero-order chi connectivity index (χ0) is 16.1. The Morgan fingerprint density at radius 3 is 2.45 bits per heavy atom. The summed E-state index contributed by atoms with van der Waals surface area (Å²) in [5.74, 6) is 0.569. The van der Waals surface area contributed by atoms with Gasteiger partial charge in [0.25, 0.3) is 0 Å². The molecule has 0 bridgehead atoms. The fraction of sp³-hybridized carbons (Fsp3) is 0.188. The molecule has 2 aromatic carbocycles. The van der Waals surface area contributed by atoms with Gasteiger partial charge in [-0.05, 0) is 49.7 Å². The van der Waals surface area contributed by atoms with Gasteiger partial charge in [0.05, 0.1) is 16.8 Å². The summed E-state index contributed by atoms with van der Waals surface area (Å²) >= 11 is 0. The molecule has 0 aliphatic heterocycles. The molecule has 1 N–H and O–H groups in total. The second-order valence-corrected chi connectivity index (χ2v) is 5.14. The Hall–Kier alpha value is -2.50. The lowest BCUT2D eigenvalue weighted by Crippen LogP contribution is -2.05. The molecule has 0 saturated heterocycles. The summed E-state index contributed by atoms with van der Waals surface area (Å²) in [6, 6.07) is 8.74. The first-order valence-corrected chi connectivity index (χ1v) is 6.64. The fourth-order valence-electron chi connectivity index (χ4n) is 2.64. The second kappa shape index (κ2) is 4.76. The van der Waals surface area contributed by atoms with E-state index in [-0.39, 0.29) is 11.3 Å². The maximum Gasteiger partial charge on any atom is 0.418 e. The van der Waals surface area contributed by atoms with Crippen LogP contribution in [-0.2, 0) is 6.18 Å². The Bertz CT molecular complexity index is 866. The number of benzene rings is 2. The zero-order valence-corrected chi connectivity index (χ0v) is 11.9. The van der Waals surface area contributed by atoms with Crippen molar-refractivity contribution in [2.75, 3.05) is 0 Å². The highest BCUT2D eigenvalue weighted by molar-refractivity contribution is 5.82. The van der Waals surface area contributed by atoms with Crippen LogP contribution in [-0.4, -0.2) is 14.7 Å². The number of imidazole rings is 1. The van der Waals surface area contributed by atoms with Gasteiger partial charge >= 0.3 is 6.18 Å². The van der Waals surface area contributed by atoms with Gasteiger partial charge in [0, 0.05) is 0 Å². The van der Waals surface area contributed by atoms with Crippen molar-refractivity contribution in [1.29, 1.82) is 0 Å². The number of aryl methyl sites for hydroxylation is 2. The maximum atomic E-state index is 13.1. The highest BCUT2D eigenvalue weighted by Gasteiger charge is 2.34. The Morgan fingerprint density at radius 2 is 1.82 bits per heavy atom. The zero-order valence-electron chi connectivity index (χ0n) is 11.9. The van der Waals surface area contributed by atoms with E-state index in [0.29, 0.717) is 17.0 Å². The van der Waals surface area contributed by atoms with Crippen LogP contribution in [0, 0.1) is 13.8 Å². The number of hydrogen-bond acceptors (Lipinski definition) is 2. The molecule has 3 aromatic rings. The van der Waals surface area contributed by atoms with E-state index in [1.54, 1.807) is 36.6 Å². The lowest BCUT2D eigenvalue weighted by Gasteiger charge is -2.11. The second-order valence-electron chi connectivity index (χ2n) is 5.14. The van der Waals surface area contributed by atoms with Gasteiger partial charge in [0.2, 0.25) is 0 Å². The molecule has 6 heteroatoms. The predicted molar refractivity (Wildman–Crippen MR) is 77.2 cm³/mol. The van der Waals surface area contributed by atoms with Gasteiger partial charge in [-0.15, -0.1) is 0 Å². The van der Waals surface area contributed by atoms with Crippen LogP contribution in [0.3, 0.4) is 0 Å². The molecule has 1 heterocycles. The largest absolute Gasteiger partial charge is 0.508 e. The molecule has 0 unspecified atom stereocenters. The molecule has 0 aliphatic carbocycles. The van der Waals surface area contributed by atoms with Crippen molar-refractivity contribution in [2.45, 2.75) is 20.0 Å². The van der Waals surface area contributed by atoms with Gasteiger partial charge in [0.1, 0.15) is 17.1 Å². The third kappa shape index (κ3) is 2.20. The lowest BCUT2D eigenvalue weighted by molar-refractivity contribution is -0.136. The van der Waals surface area contributed by atoms with Crippen molar-refractivity contribution < 1.29 is 18.3 Å². The molecular weight excluding hydrogens is 293 g/mol. The molecule has 0 saturated carbocycles. The standard InChI is InChI=1S/C16H13F3N2O/c1-9-8-11(22)6-7-13(9)21-10(2)20-15-12(16(17,18)19)4-3-5-14(15)21/h3-8,22H,1-2H3. The Labute approximate surface area is 124 Å². The van der Waals surface area contributed by atoms with Crippen LogP contribution in [0.15, 0.2) is 36.4 Å². The van der Waals surface area contributed by atoms with Crippen molar-refractivity contribution in [2.24, 2.45) is 0 Å². The summed E-state index contributed by atoms with van der Waals surface area (Å²) in [5, 5.41) is 9.49. The topological polar surface area (TPSA) is 38.0 Å². The van der Waals surface area contributed by atoms with Crippen LogP contribution in [0.2, 0.25) is 0 Å². The van der Waals surface area contributed by atoms with E-state index < -0.39 is 11.7 Å². The minimum atomic E-state index is -4.45. The number of phenolic OH excluding ortho intramolecular Hbond substituents is 1. The van der Waals surface area contributed by atoms with Crippen LogP contribution >= 0.6 is 0 Å². The number of halogens is 3. The van der Waals surface area contributed by atoms with Crippen LogP contribution in [0.5, 0.6) is 5.75 Å². The van der Waals surface area contributed by atoms with E-state index in [4.69, 9.17) is 0 Å². The summed E-state index contributed by atoms with van der Waals surface area (Å²) in [6.07, 6.45) is -4.45. The number of aromatic nitrogens is 2. The predicted octanol–water partition coefficient (Wildman–Crippen LogP) is 4.37. The molecule has 22 heavy (non-hydrogen) atoms. The van der Waals surface area contributed by atoms with E-state index in [2.05, 4.69) is 4.98 Å². The van der Waals surface area contributed by atoms with E-state index in [1.165, 1.54) is 12.1 Å². The molecule has 3 nitrogen and oxygen atoms in total. The normalized spacial score (nSPS) is 12.0. The Morgan fingerprint density at radius 1 is 1.09 bits per heavy atom. The average molecular weight is 306 g/mol. The van der Waals surface area contributed by atoms with Crippen LogP contribution in [0.1, 0.15) is 17.0 Å². The molecule has 1 aromatic heterocycles. The van der Waals surface area contributed by atoms with Gasteiger partial charge in [-0.25, -0.2) is 4.98 Å². The molecule has 0 aliphatic rings. The third-order valence-corrected chi connectivity index (χ3v) is 3.58. The quantitative estimate of drug-likeness (QED) is 0.725. The first-order valence-electron chi connectivity index (χ1n) is 6.64. The van der Waals surface area contributed by atoms with Crippen molar-refractivity contribution in [3.63, 3.8) is 0 Å².